The molecular formula is C24H27NO2. The molecule has 0 unspecified atom stereocenters. The normalized spacial score (nSPS) is 31.5. The van der Waals surface area contributed by atoms with Crippen molar-refractivity contribution in [3.63, 3.8) is 0 Å². The summed E-state index contributed by atoms with van der Waals surface area (Å²) in [5.41, 5.74) is 1.12. The van der Waals surface area contributed by atoms with Crippen LogP contribution < -0.4 is 10.1 Å². The highest BCUT2D eigenvalue weighted by Crippen LogP contribution is 2.55. The third-order valence-corrected chi connectivity index (χ3v) is 6.98. The van der Waals surface area contributed by atoms with E-state index >= 15 is 0 Å². The first kappa shape index (κ1) is 16.9. The SMILES string of the molecule is COc1ccc(/C=C/C(=O)NC23CC4CC(CC(C4)C2)C3)c2ccccc12. The molecule has 4 aliphatic rings. The molecule has 2 aromatic carbocycles. The van der Waals surface area contributed by atoms with Gasteiger partial charge < -0.3 is 10.1 Å². The number of hydrogen-bond acceptors (Lipinski definition) is 2. The Bertz CT molecular complexity index is 878. The summed E-state index contributed by atoms with van der Waals surface area (Å²) < 4.78 is 5.46. The molecule has 1 N–H and O–H groups in total. The van der Waals surface area contributed by atoms with Crippen LogP contribution in [0.4, 0.5) is 0 Å². The van der Waals surface area contributed by atoms with Crippen LogP contribution in [0.2, 0.25) is 0 Å². The first-order chi connectivity index (χ1) is 13.1. The quantitative estimate of drug-likeness (QED) is 0.783. The van der Waals surface area contributed by atoms with Gasteiger partial charge in [-0.05, 0) is 79.4 Å². The molecule has 0 spiro atoms. The zero-order chi connectivity index (χ0) is 18.4. The molecule has 0 saturated heterocycles. The van der Waals surface area contributed by atoms with Gasteiger partial charge in [0.25, 0.3) is 0 Å². The van der Waals surface area contributed by atoms with Crippen LogP contribution in [-0.4, -0.2) is 18.6 Å². The Kier molecular flexibility index (Phi) is 3.99. The molecule has 6 rings (SSSR count). The van der Waals surface area contributed by atoms with E-state index in [2.05, 4.69) is 17.4 Å². The Hall–Kier alpha value is -2.29. The molecule has 4 saturated carbocycles. The van der Waals surface area contributed by atoms with Crippen molar-refractivity contribution in [1.82, 2.24) is 5.32 Å². The maximum atomic E-state index is 12.7. The summed E-state index contributed by atoms with van der Waals surface area (Å²) in [6.07, 6.45) is 11.4. The first-order valence-corrected chi connectivity index (χ1v) is 10.2. The summed E-state index contributed by atoms with van der Waals surface area (Å²) in [4.78, 5) is 12.7. The van der Waals surface area contributed by atoms with Gasteiger partial charge in [0.05, 0.1) is 7.11 Å². The van der Waals surface area contributed by atoms with Crippen LogP contribution in [0.15, 0.2) is 42.5 Å². The smallest absolute Gasteiger partial charge is 0.244 e. The molecule has 0 aliphatic heterocycles. The number of methoxy groups -OCH3 is 1. The minimum Gasteiger partial charge on any atom is -0.496 e. The van der Waals surface area contributed by atoms with Crippen LogP contribution in [0, 0.1) is 17.8 Å². The lowest BCUT2D eigenvalue weighted by atomic mass is 9.53. The van der Waals surface area contributed by atoms with Gasteiger partial charge in [0.1, 0.15) is 5.75 Å². The fourth-order valence-corrected chi connectivity index (χ4v) is 6.35. The van der Waals surface area contributed by atoms with E-state index in [1.54, 1.807) is 13.2 Å². The molecule has 4 fully saturated rings. The van der Waals surface area contributed by atoms with Crippen LogP contribution >= 0.6 is 0 Å². The lowest BCUT2D eigenvalue weighted by Gasteiger charge is -2.56. The molecule has 0 atom stereocenters. The molecule has 0 heterocycles. The van der Waals surface area contributed by atoms with Gasteiger partial charge in [0, 0.05) is 17.0 Å². The number of hydrogen-bond donors (Lipinski definition) is 1. The highest BCUT2D eigenvalue weighted by atomic mass is 16.5. The predicted octanol–water partition coefficient (Wildman–Crippen LogP) is 4.95. The van der Waals surface area contributed by atoms with Gasteiger partial charge in [-0.25, -0.2) is 0 Å². The van der Waals surface area contributed by atoms with Crippen molar-refractivity contribution in [1.29, 1.82) is 0 Å². The number of carbonyl (C=O) groups excluding carboxylic acids is 1. The molecule has 4 bridgehead atoms. The van der Waals surface area contributed by atoms with E-state index in [1.807, 2.05) is 30.3 Å². The number of benzene rings is 2. The summed E-state index contributed by atoms with van der Waals surface area (Å²) in [5, 5.41) is 5.59. The molecular weight excluding hydrogens is 334 g/mol. The zero-order valence-corrected chi connectivity index (χ0v) is 15.9. The second kappa shape index (κ2) is 6.40. The summed E-state index contributed by atoms with van der Waals surface area (Å²) in [6, 6.07) is 12.2. The van der Waals surface area contributed by atoms with Crippen LogP contribution in [-0.2, 0) is 4.79 Å². The van der Waals surface area contributed by atoms with Gasteiger partial charge in [0.2, 0.25) is 5.91 Å². The largest absolute Gasteiger partial charge is 0.496 e. The monoisotopic (exact) mass is 361 g/mol. The Morgan fingerprint density at radius 3 is 2.26 bits per heavy atom. The summed E-state index contributed by atoms with van der Waals surface area (Å²) in [6.45, 7) is 0. The average molecular weight is 361 g/mol. The van der Waals surface area contributed by atoms with E-state index < -0.39 is 0 Å². The second-order valence-corrected chi connectivity index (χ2v) is 8.92. The van der Waals surface area contributed by atoms with Crippen molar-refractivity contribution < 1.29 is 9.53 Å². The Morgan fingerprint density at radius 2 is 1.63 bits per heavy atom. The number of rotatable bonds is 4. The highest BCUT2D eigenvalue weighted by molar-refractivity contribution is 5.99. The van der Waals surface area contributed by atoms with Crippen LogP contribution in [0.3, 0.4) is 0 Å². The van der Waals surface area contributed by atoms with Gasteiger partial charge in [0.15, 0.2) is 0 Å². The number of fused-ring (bicyclic) bond motifs is 1. The number of carbonyl (C=O) groups is 1. The van der Waals surface area contributed by atoms with Gasteiger partial charge >= 0.3 is 0 Å². The van der Waals surface area contributed by atoms with Gasteiger partial charge in [-0.3, -0.25) is 4.79 Å². The molecule has 0 aromatic heterocycles. The Balaban J connectivity index is 1.36. The van der Waals surface area contributed by atoms with E-state index in [4.69, 9.17) is 4.74 Å². The van der Waals surface area contributed by atoms with E-state index in [-0.39, 0.29) is 11.4 Å². The summed E-state index contributed by atoms with van der Waals surface area (Å²) in [5.74, 6) is 3.43. The minimum atomic E-state index is 0.0526. The molecule has 0 radical (unpaired) electrons. The molecule has 1 amide bonds. The molecule has 27 heavy (non-hydrogen) atoms. The molecule has 140 valence electrons. The molecule has 3 heteroatoms. The maximum Gasteiger partial charge on any atom is 0.244 e. The van der Waals surface area contributed by atoms with Crippen molar-refractivity contribution in [2.75, 3.05) is 7.11 Å². The molecule has 4 aliphatic carbocycles. The zero-order valence-electron chi connectivity index (χ0n) is 15.9. The minimum absolute atomic E-state index is 0.0526. The third kappa shape index (κ3) is 3.03. The second-order valence-electron chi connectivity index (χ2n) is 8.92. The van der Waals surface area contributed by atoms with Gasteiger partial charge in [-0.1, -0.05) is 30.3 Å². The summed E-state index contributed by atoms with van der Waals surface area (Å²) >= 11 is 0. The third-order valence-electron chi connectivity index (χ3n) is 6.98. The number of amides is 1. The van der Waals surface area contributed by atoms with Crippen molar-refractivity contribution in [2.24, 2.45) is 17.8 Å². The molecule has 3 nitrogen and oxygen atoms in total. The van der Waals surface area contributed by atoms with E-state index in [0.29, 0.717) is 0 Å². The van der Waals surface area contributed by atoms with E-state index in [0.717, 1.165) is 39.8 Å². The van der Waals surface area contributed by atoms with E-state index in [9.17, 15) is 4.79 Å². The van der Waals surface area contributed by atoms with Crippen molar-refractivity contribution >= 4 is 22.8 Å². The van der Waals surface area contributed by atoms with Gasteiger partial charge in [-0.15, -0.1) is 0 Å². The fraction of sp³-hybridized carbons (Fsp3) is 0.458. The van der Waals surface area contributed by atoms with Crippen molar-refractivity contribution in [3.8, 4) is 5.75 Å². The van der Waals surface area contributed by atoms with Gasteiger partial charge in [-0.2, -0.15) is 0 Å². The lowest BCUT2D eigenvalue weighted by Crippen LogP contribution is -2.59. The maximum absolute atomic E-state index is 12.7. The molecule has 2 aromatic rings. The Morgan fingerprint density at radius 1 is 1.00 bits per heavy atom. The predicted molar refractivity (Wildman–Crippen MR) is 109 cm³/mol. The van der Waals surface area contributed by atoms with Crippen molar-refractivity contribution in [3.05, 3.63) is 48.0 Å². The van der Waals surface area contributed by atoms with Crippen LogP contribution in [0.25, 0.3) is 16.8 Å². The fourth-order valence-electron chi connectivity index (χ4n) is 6.35. The van der Waals surface area contributed by atoms with Crippen LogP contribution in [0.1, 0.15) is 44.1 Å². The Labute approximate surface area is 160 Å². The first-order valence-electron chi connectivity index (χ1n) is 10.2. The standard InChI is InChI=1S/C24H27NO2/c1-27-22-8-6-19(20-4-2-3-5-21(20)22)7-9-23(26)25-24-13-16-10-17(14-24)12-18(11-16)15-24/h2-9,16-18H,10-15H2,1H3,(H,25,26)/b9-7+. The topological polar surface area (TPSA) is 38.3 Å². The average Bonchev–Trinajstić information content (AvgIpc) is 2.64. The lowest BCUT2D eigenvalue weighted by molar-refractivity contribution is -0.122. The number of ether oxygens (including phenoxy) is 1. The number of nitrogens with one attached hydrogen (secondary N) is 1. The van der Waals surface area contributed by atoms with E-state index in [1.165, 1.54) is 38.5 Å². The summed E-state index contributed by atoms with van der Waals surface area (Å²) in [7, 11) is 1.69. The highest BCUT2D eigenvalue weighted by Gasteiger charge is 2.51. The van der Waals surface area contributed by atoms with Crippen LogP contribution in [0.5, 0.6) is 5.75 Å². The van der Waals surface area contributed by atoms with Crippen molar-refractivity contribution in [2.45, 2.75) is 44.1 Å².